The van der Waals surface area contributed by atoms with Crippen molar-refractivity contribution in [2.24, 2.45) is 5.92 Å². The molecule has 1 atom stereocenters. The molecule has 0 aliphatic carbocycles. The third kappa shape index (κ3) is 3.21. The maximum atomic E-state index is 12.4. The molecule has 1 aliphatic heterocycles. The van der Waals surface area contributed by atoms with Crippen LogP contribution in [0.1, 0.15) is 39.9 Å². The number of nitrogens with zero attached hydrogens (tertiary/aromatic N) is 2. The first-order valence-electron chi connectivity index (χ1n) is 8.00. The van der Waals surface area contributed by atoms with Crippen molar-refractivity contribution in [2.45, 2.75) is 19.9 Å². The highest BCUT2D eigenvalue weighted by Crippen LogP contribution is 2.27. The first-order valence-corrected chi connectivity index (χ1v) is 8.00. The van der Waals surface area contributed by atoms with Crippen molar-refractivity contribution in [1.29, 1.82) is 0 Å². The highest BCUT2D eigenvalue weighted by molar-refractivity contribution is 5.94. The van der Waals surface area contributed by atoms with Crippen LogP contribution in [-0.4, -0.2) is 31.7 Å². The lowest BCUT2D eigenvalue weighted by Gasteiger charge is -2.25. The van der Waals surface area contributed by atoms with Crippen LogP contribution in [0, 0.1) is 5.92 Å². The predicted octanol–water partition coefficient (Wildman–Crippen LogP) is 2.13. The van der Waals surface area contributed by atoms with E-state index >= 15 is 0 Å². The van der Waals surface area contributed by atoms with Gasteiger partial charge in [-0.15, -0.1) is 0 Å². The van der Waals surface area contributed by atoms with E-state index in [1.165, 1.54) is 10.6 Å². The third-order valence-corrected chi connectivity index (χ3v) is 4.19. The van der Waals surface area contributed by atoms with Gasteiger partial charge >= 0.3 is 11.9 Å². The molecule has 3 N–H and O–H groups in total. The van der Waals surface area contributed by atoms with Crippen LogP contribution < -0.4 is 10.9 Å². The van der Waals surface area contributed by atoms with Gasteiger partial charge in [0.05, 0.1) is 11.3 Å². The number of para-hydroxylation sites is 1. The fourth-order valence-electron chi connectivity index (χ4n) is 2.99. The summed E-state index contributed by atoms with van der Waals surface area (Å²) in [4.78, 5) is 39.0. The van der Waals surface area contributed by atoms with Crippen LogP contribution in [0.15, 0.2) is 41.5 Å². The van der Waals surface area contributed by atoms with Gasteiger partial charge in [-0.1, -0.05) is 19.1 Å². The molecule has 0 fully saturated rings. The van der Waals surface area contributed by atoms with Crippen LogP contribution in [0.4, 0.5) is 5.69 Å². The lowest BCUT2D eigenvalue weighted by molar-refractivity contribution is 0.0684. The Kier molecular flexibility index (Phi) is 4.57. The Bertz CT molecular complexity index is 977. The van der Waals surface area contributed by atoms with E-state index in [0.717, 1.165) is 6.20 Å². The van der Waals surface area contributed by atoms with Gasteiger partial charge in [0.1, 0.15) is 11.4 Å². The number of rotatable bonds is 4. The summed E-state index contributed by atoms with van der Waals surface area (Å²) in [7, 11) is 0. The molecule has 1 aliphatic rings. The molecule has 8 heteroatoms. The van der Waals surface area contributed by atoms with E-state index in [1.54, 1.807) is 24.4 Å². The molecule has 0 radical (unpaired) electrons. The van der Waals surface area contributed by atoms with Crippen molar-refractivity contribution in [3.63, 3.8) is 0 Å². The van der Waals surface area contributed by atoms with Crippen LogP contribution in [0.25, 0.3) is 5.57 Å². The number of aromatic nitrogens is 2. The molecule has 0 spiro atoms. The summed E-state index contributed by atoms with van der Waals surface area (Å²) in [5, 5.41) is 21.3. The molecule has 2 heterocycles. The van der Waals surface area contributed by atoms with Crippen molar-refractivity contribution in [1.82, 2.24) is 9.55 Å². The Labute approximate surface area is 148 Å². The summed E-state index contributed by atoms with van der Waals surface area (Å²) in [6, 6.07) is 6.48. The minimum absolute atomic E-state index is 0.105. The minimum atomic E-state index is -1.31. The Balaban J connectivity index is 2.02. The highest BCUT2D eigenvalue weighted by atomic mass is 16.4. The molecule has 3 rings (SSSR count). The zero-order chi connectivity index (χ0) is 18.8. The maximum absolute atomic E-state index is 12.4. The second-order valence-electron chi connectivity index (χ2n) is 6.19. The number of carbonyl (C=O) groups is 2. The van der Waals surface area contributed by atoms with E-state index in [2.05, 4.69) is 10.3 Å². The first-order chi connectivity index (χ1) is 12.4. The molecule has 0 saturated carbocycles. The molecule has 1 aromatic heterocycles. The lowest BCUT2D eigenvalue weighted by Crippen LogP contribution is -2.34. The normalized spacial score (nSPS) is 17.6. The largest absolute Gasteiger partial charge is 0.478 e. The number of hydrogen-bond acceptors (Lipinski definition) is 5. The smallest absolute Gasteiger partial charge is 0.342 e. The van der Waals surface area contributed by atoms with E-state index in [1.807, 2.05) is 6.92 Å². The average molecular weight is 355 g/mol. The molecule has 134 valence electrons. The van der Waals surface area contributed by atoms with Crippen molar-refractivity contribution in [3.8, 4) is 0 Å². The third-order valence-electron chi connectivity index (χ3n) is 4.19. The molecule has 2 aromatic rings. The molecule has 8 nitrogen and oxygen atoms in total. The van der Waals surface area contributed by atoms with E-state index in [-0.39, 0.29) is 17.0 Å². The molecular weight excluding hydrogens is 338 g/mol. The number of nitrogens with one attached hydrogen (secondary N) is 1. The lowest BCUT2D eigenvalue weighted by atomic mass is 9.96. The summed E-state index contributed by atoms with van der Waals surface area (Å²) < 4.78 is 1.36. The molecule has 0 bridgehead atoms. The van der Waals surface area contributed by atoms with Crippen molar-refractivity contribution in [2.75, 3.05) is 5.32 Å². The number of aromatic carboxylic acids is 2. The van der Waals surface area contributed by atoms with Crippen LogP contribution in [0.2, 0.25) is 0 Å². The fourth-order valence-corrected chi connectivity index (χ4v) is 2.99. The number of fused-ring (bicyclic) bond motifs is 1. The second kappa shape index (κ2) is 6.83. The monoisotopic (exact) mass is 355 g/mol. The first kappa shape index (κ1) is 17.4. The standard InChI is InChI=1S/C18H17N3O5/c1-10-6-11(7-19-14-5-3-2-4-12(14)17(23)24)15-20-8-13(18(25)26)16(22)21(15)9-10/h2-5,7-8,10,19H,6,9H2,1H3,(H,23,24)(H,25,26)/b11-7+. The van der Waals surface area contributed by atoms with Gasteiger partial charge in [0.25, 0.3) is 5.56 Å². The number of allylic oxidation sites excluding steroid dienone is 1. The zero-order valence-corrected chi connectivity index (χ0v) is 14.0. The Morgan fingerprint density at radius 2 is 1.92 bits per heavy atom. The van der Waals surface area contributed by atoms with Crippen molar-refractivity contribution >= 4 is 23.2 Å². The second-order valence-corrected chi connectivity index (χ2v) is 6.19. The maximum Gasteiger partial charge on any atom is 0.342 e. The van der Waals surface area contributed by atoms with Crippen LogP contribution in [0.5, 0.6) is 0 Å². The Hall–Kier alpha value is -3.42. The van der Waals surface area contributed by atoms with Crippen LogP contribution in [-0.2, 0) is 6.54 Å². The number of anilines is 1. The van der Waals surface area contributed by atoms with Gasteiger partial charge in [-0.05, 0) is 24.5 Å². The van der Waals surface area contributed by atoms with Crippen LogP contribution >= 0.6 is 0 Å². The van der Waals surface area contributed by atoms with Crippen LogP contribution in [0.3, 0.4) is 0 Å². The van der Waals surface area contributed by atoms with Gasteiger partial charge in [0, 0.05) is 24.5 Å². The summed E-state index contributed by atoms with van der Waals surface area (Å²) in [6.45, 7) is 2.33. The van der Waals surface area contributed by atoms with E-state index in [0.29, 0.717) is 30.1 Å². The van der Waals surface area contributed by atoms with Gasteiger partial charge in [-0.3, -0.25) is 9.36 Å². The summed E-state index contributed by atoms with van der Waals surface area (Å²) in [6.07, 6.45) is 3.31. The Morgan fingerprint density at radius 3 is 2.62 bits per heavy atom. The summed E-state index contributed by atoms with van der Waals surface area (Å²) >= 11 is 0. The molecule has 1 aromatic carbocycles. The molecule has 26 heavy (non-hydrogen) atoms. The molecule has 0 amide bonds. The van der Waals surface area contributed by atoms with Gasteiger partial charge in [-0.25, -0.2) is 14.6 Å². The number of carboxylic acids is 2. The number of hydrogen-bond donors (Lipinski definition) is 3. The number of carboxylic acid groups (broad SMARTS) is 2. The average Bonchev–Trinajstić information content (AvgIpc) is 2.60. The molecular formula is C18H17N3O5. The van der Waals surface area contributed by atoms with Gasteiger partial charge in [0.2, 0.25) is 0 Å². The van der Waals surface area contributed by atoms with Gasteiger partial charge in [-0.2, -0.15) is 0 Å². The topological polar surface area (TPSA) is 122 Å². The quantitative estimate of drug-likeness (QED) is 0.768. The number of benzene rings is 1. The van der Waals surface area contributed by atoms with E-state index in [4.69, 9.17) is 5.11 Å². The SMILES string of the molecule is CC1C/C(=C\Nc2ccccc2C(=O)O)c2ncc(C(=O)O)c(=O)n2C1. The molecule has 0 saturated heterocycles. The predicted molar refractivity (Wildman–Crippen MR) is 94.2 cm³/mol. The van der Waals surface area contributed by atoms with Gasteiger partial charge in [0.15, 0.2) is 0 Å². The minimum Gasteiger partial charge on any atom is -0.478 e. The highest BCUT2D eigenvalue weighted by Gasteiger charge is 2.24. The fraction of sp³-hybridized carbons (Fsp3) is 0.222. The zero-order valence-electron chi connectivity index (χ0n) is 14.0. The Morgan fingerprint density at radius 1 is 1.23 bits per heavy atom. The summed E-state index contributed by atoms with van der Waals surface area (Å²) in [5.74, 6) is -1.87. The summed E-state index contributed by atoms with van der Waals surface area (Å²) in [5.41, 5.74) is 0.289. The van der Waals surface area contributed by atoms with Crippen molar-refractivity contribution < 1.29 is 19.8 Å². The van der Waals surface area contributed by atoms with E-state index < -0.39 is 17.5 Å². The molecule has 1 unspecified atom stereocenters. The van der Waals surface area contributed by atoms with E-state index in [9.17, 15) is 19.5 Å². The van der Waals surface area contributed by atoms with Gasteiger partial charge < -0.3 is 15.5 Å². The van der Waals surface area contributed by atoms with Crippen molar-refractivity contribution in [3.05, 3.63) is 64.0 Å².